The molecule has 2 atom stereocenters. The number of carbonyl (C=O) groups is 2. The summed E-state index contributed by atoms with van der Waals surface area (Å²) in [5, 5.41) is 2.81. The molecule has 19 heavy (non-hydrogen) atoms. The second-order valence-electron chi connectivity index (χ2n) is 5.50. The lowest BCUT2D eigenvalue weighted by molar-refractivity contribution is -0.141. The van der Waals surface area contributed by atoms with Gasteiger partial charge in [-0.15, -0.1) is 0 Å². The van der Waals surface area contributed by atoms with E-state index >= 15 is 0 Å². The molecule has 0 aromatic carbocycles. The van der Waals surface area contributed by atoms with Gasteiger partial charge in [0.25, 0.3) is 0 Å². The first-order valence-electron chi connectivity index (χ1n) is 6.78. The molecule has 0 aromatic heterocycles. The Labute approximate surface area is 113 Å². The van der Waals surface area contributed by atoms with E-state index in [-0.39, 0.29) is 11.8 Å². The van der Waals surface area contributed by atoms with Gasteiger partial charge < -0.3 is 19.7 Å². The minimum atomic E-state index is -0.500. The maximum Gasteiger partial charge on any atom is 0.245 e. The Balaban J connectivity index is 1.87. The SMILES string of the molecule is C[C@@H](NC(=O)[C@@]1(C)CCOC1)C(=O)N1CCOCC1. The molecule has 2 saturated heterocycles. The largest absolute Gasteiger partial charge is 0.380 e. The molecule has 0 saturated carbocycles. The Hall–Kier alpha value is -1.14. The number of hydrogen-bond acceptors (Lipinski definition) is 4. The van der Waals surface area contributed by atoms with Gasteiger partial charge in [0.1, 0.15) is 6.04 Å². The highest BCUT2D eigenvalue weighted by molar-refractivity contribution is 5.90. The molecule has 2 heterocycles. The van der Waals surface area contributed by atoms with E-state index in [4.69, 9.17) is 9.47 Å². The summed E-state index contributed by atoms with van der Waals surface area (Å²) in [5.74, 6) is -0.140. The highest BCUT2D eigenvalue weighted by atomic mass is 16.5. The van der Waals surface area contributed by atoms with Gasteiger partial charge >= 0.3 is 0 Å². The fraction of sp³-hybridized carbons (Fsp3) is 0.846. The lowest BCUT2D eigenvalue weighted by Crippen LogP contribution is -2.53. The van der Waals surface area contributed by atoms with Crippen LogP contribution in [0.5, 0.6) is 0 Å². The molecule has 6 heteroatoms. The van der Waals surface area contributed by atoms with Crippen LogP contribution in [0.3, 0.4) is 0 Å². The van der Waals surface area contributed by atoms with Crippen molar-refractivity contribution in [3.8, 4) is 0 Å². The van der Waals surface area contributed by atoms with Gasteiger partial charge in [-0.25, -0.2) is 0 Å². The van der Waals surface area contributed by atoms with Crippen LogP contribution in [-0.2, 0) is 19.1 Å². The summed E-state index contributed by atoms with van der Waals surface area (Å²) in [6, 6.07) is -0.497. The fourth-order valence-electron chi connectivity index (χ4n) is 2.34. The molecule has 2 rings (SSSR count). The quantitative estimate of drug-likeness (QED) is 0.769. The molecular weight excluding hydrogens is 248 g/mol. The van der Waals surface area contributed by atoms with E-state index in [0.29, 0.717) is 45.9 Å². The van der Waals surface area contributed by atoms with Crippen LogP contribution in [0, 0.1) is 5.41 Å². The Morgan fingerprint density at radius 1 is 1.21 bits per heavy atom. The van der Waals surface area contributed by atoms with Gasteiger partial charge in [0, 0.05) is 19.7 Å². The Morgan fingerprint density at radius 3 is 2.47 bits per heavy atom. The summed E-state index contributed by atoms with van der Waals surface area (Å²) in [6.07, 6.45) is 0.706. The van der Waals surface area contributed by atoms with E-state index in [1.165, 1.54) is 0 Å². The van der Waals surface area contributed by atoms with Crippen molar-refractivity contribution in [3.63, 3.8) is 0 Å². The molecule has 2 aliphatic rings. The van der Waals surface area contributed by atoms with Crippen LogP contribution in [0.1, 0.15) is 20.3 Å². The van der Waals surface area contributed by atoms with Crippen LogP contribution in [0.2, 0.25) is 0 Å². The lowest BCUT2D eigenvalue weighted by Gasteiger charge is -2.30. The third kappa shape index (κ3) is 3.25. The summed E-state index contributed by atoms with van der Waals surface area (Å²) in [7, 11) is 0. The summed E-state index contributed by atoms with van der Waals surface area (Å²) in [6.45, 7) is 6.97. The van der Waals surface area contributed by atoms with Crippen molar-refractivity contribution in [2.45, 2.75) is 26.3 Å². The maximum atomic E-state index is 12.2. The minimum Gasteiger partial charge on any atom is -0.380 e. The van der Waals surface area contributed by atoms with E-state index in [1.807, 2.05) is 6.92 Å². The number of nitrogens with one attached hydrogen (secondary N) is 1. The maximum absolute atomic E-state index is 12.2. The third-order valence-corrected chi connectivity index (χ3v) is 3.81. The van der Waals surface area contributed by atoms with Gasteiger partial charge in [-0.3, -0.25) is 9.59 Å². The van der Waals surface area contributed by atoms with E-state index in [9.17, 15) is 9.59 Å². The molecule has 1 N–H and O–H groups in total. The lowest BCUT2D eigenvalue weighted by atomic mass is 9.88. The zero-order valence-electron chi connectivity index (χ0n) is 11.6. The molecule has 2 fully saturated rings. The second kappa shape index (κ2) is 5.88. The summed E-state index contributed by atoms with van der Waals surface area (Å²) in [5.41, 5.74) is -0.500. The summed E-state index contributed by atoms with van der Waals surface area (Å²) in [4.78, 5) is 26.1. The van der Waals surface area contributed by atoms with E-state index in [2.05, 4.69) is 5.32 Å². The van der Waals surface area contributed by atoms with E-state index in [1.54, 1.807) is 11.8 Å². The van der Waals surface area contributed by atoms with Crippen LogP contribution in [0.25, 0.3) is 0 Å². The number of carbonyl (C=O) groups excluding carboxylic acids is 2. The van der Waals surface area contributed by atoms with E-state index in [0.717, 1.165) is 0 Å². The second-order valence-corrected chi connectivity index (χ2v) is 5.50. The van der Waals surface area contributed by atoms with E-state index < -0.39 is 11.5 Å². The van der Waals surface area contributed by atoms with Crippen molar-refractivity contribution in [2.24, 2.45) is 5.41 Å². The van der Waals surface area contributed by atoms with Crippen molar-refractivity contribution >= 4 is 11.8 Å². The van der Waals surface area contributed by atoms with Crippen LogP contribution < -0.4 is 5.32 Å². The van der Waals surface area contributed by atoms with Crippen molar-refractivity contribution in [2.75, 3.05) is 39.5 Å². The third-order valence-electron chi connectivity index (χ3n) is 3.81. The van der Waals surface area contributed by atoms with Gasteiger partial charge in [0.15, 0.2) is 0 Å². The number of rotatable bonds is 3. The predicted molar refractivity (Wildman–Crippen MR) is 68.5 cm³/mol. The topological polar surface area (TPSA) is 67.9 Å². The fourth-order valence-corrected chi connectivity index (χ4v) is 2.34. The monoisotopic (exact) mass is 270 g/mol. The molecule has 0 unspecified atom stereocenters. The molecule has 0 spiro atoms. The highest BCUT2D eigenvalue weighted by Gasteiger charge is 2.38. The number of ether oxygens (including phenoxy) is 2. The molecule has 6 nitrogen and oxygen atoms in total. The number of hydrogen-bond donors (Lipinski definition) is 1. The predicted octanol–water partition coefficient (Wildman–Crippen LogP) is -0.223. The van der Waals surface area contributed by atoms with Crippen molar-refractivity contribution < 1.29 is 19.1 Å². The molecular formula is C13H22N2O4. The van der Waals surface area contributed by atoms with Crippen molar-refractivity contribution in [3.05, 3.63) is 0 Å². The highest BCUT2D eigenvalue weighted by Crippen LogP contribution is 2.27. The average Bonchev–Trinajstić information content (AvgIpc) is 2.87. The molecule has 108 valence electrons. The number of nitrogens with zero attached hydrogens (tertiary/aromatic N) is 1. The molecule has 0 aliphatic carbocycles. The first-order chi connectivity index (χ1) is 9.03. The first kappa shape index (κ1) is 14.3. The van der Waals surface area contributed by atoms with Gasteiger partial charge in [-0.1, -0.05) is 0 Å². The normalized spacial score (nSPS) is 29.1. The van der Waals surface area contributed by atoms with Crippen LogP contribution >= 0.6 is 0 Å². The first-order valence-corrected chi connectivity index (χ1v) is 6.78. The molecule has 0 aromatic rings. The van der Waals surface area contributed by atoms with Gasteiger partial charge in [0.05, 0.1) is 25.2 Å². The summed E-state index contributed by atoms with van der Waals surface area (Å²) >= 11 is 0. The standard InChI is InChI=1S/C13H22N2O4/c1-10(11(16)15-4-7-18-8-5-15)14-12(17)13(2)3-6-19-9-13/h10H,3-9H2,1-2H3,(H,14,17)/t10-,13+/m1/s1. The number of morpholine rings is 1. The molecule has 0 radical (unpaired) electrons. The Kier molecular flexibility index (Phi) is 4.42. The molecule has 2 aliphatic heterocycles. The summed E-state index contributed by atoms with van der Waals surface area (Å²) < 4.78 is 10.5. The van der Waals surface area contributed by atoms with Crippen molar-refractivity contribution in [1.29, 1.82) is 0 Å². The minimum absolute atomic E-state index is 0.0424. The zero-order valence-corrected chi connectivity index (χ0v) is 11.6. The smallest absolute Gasteiger partial charge is 0.245 e. The van der Waals surface area contributed by atoms with Crippen LogP contribution in [0.4, 0.5) is 0 Å². The average molecular weight is 270 g/mol. The van der Waals surface area contributed by atoms with Crippen LogP contribution in [0.15, 0.2) is 0 Å². The van der Waals surface area contributed by atoms with Crippen LogP contribution in [-0.4, -0.2) is 62.3 Å². The Morgan fingerprint density at radius 2 is 1.89 bits per heavy atom. The molecule has 2 amide bonds. The zero-order chi connectivity index (χ0) is 13.9. The van der Waals surface area contributed by atoms with Crippen molar-refractivity contribution in [1.82, 2.24) is 10.2 Å². The van der Waals surface area contributed by atoms with Gasteiger partial charge in [-0.05, 0) is 20.3 Å². The van der Waals surface area contributed by atoms with Gasteiger partial charge in [0.2, 0.25) is 11.8 Å². The molecule has 0 bridgehead atoms. The number of amides is 2. The van der Waals surface area contributed by atoms with Gasteiger partial charge in [-0.2, -0.15) is 0 Å². The Bertz CT molecular complexity index is 347.